The summed E-state index contributed by atoms with van der Waals surface area (Å²) in [4.78, 5) is 0. The maximum atomic E-state index is 5.74. The molecule has 0 saturated heterocycles. The van der Waals surface area contributed by atoms with Crippen LogP contribution >= 0.6 is 11.6 Å². The van der Waals surface area contributed by atoms with Gasteiger partial charge in [0.2, 0.25) is 0 Å². The molecule has 0 aliphatic heterocycles. The van der Waals surface area contributed by atoms with Gasteiger partial charge in [-0.1, -0.05) is 30.3 Å². The minimum absolute atomic E-state index is 0.0990. The van der Waals surface area contributed by atoms with Gasteiger partial charge in [0.25, 0.3) is 9.68 Å². The van der Waals surface area contributed by atoms with Crippen LogP contribution in [0.1, 0.15) is 5.56 Å². The molecule has 0 aliphatic rings. The molecule has 1 nitrogen and oxygen atoms in total. The predicted molar refractivity (Wildman–Crippen MR) is 66.3 cm³/mol. The highest BCUT2D eigenvalue weighted by Crippen LogP contribution is 2.08. The number of hydrogen-bond donors (Lipinski definition) is 0. The zero-order valence-electron chi connectivity index (χ0n) is 9.04. The van der Waals surface area contributed by atoms with Crippen LogP contribution < -0.4 is 0 Å². The summed E-state index contributed by atoms with van der Waals surface area (Å²) < 4.78 is 1.15. The van der Waals surface area contributed by atoms with Crippen molar-refractivity contribution in [3.8, 4) is 0 Å². The Hall–Kier alpha value is -0.313. The average molecular weight is 229 g/mol. The highest BCUT2D eigenvalue weighted by Gasteiger charge is 2.14. The van der Waals surface area contributed by atoms with Crippen LogP contribution in [-0.4, -0.2) is 33.8 Å². The molecule has 0 N–H and O–H groups in total. The third-order valence-corrected chi connectivity index (χ3v) is 5.17. The van der Waals surface area contributed by atoms with Crippen molar-refractivity contribution in [3.63, 3.8) is 0 Å². The minimum atomic E-state index is -0.0990. The summed E-state index contributed by atoms with van der Waals surface area (Å²) in [5.41, 5.74) is 1.43. The van der Waals surface area contributed by atoms with Gasteiger partial charge in [-0.15, -0.1) is 11.6 Å². The Morgan fingerprint density at radius 2 is 1.86 bits per heavy atom. The Balaban J connectivity index is 2.50. The largest absolute Gasteiger partial charge is 0.389 e. The molecule has 0 radical (unpaired) electrons. The van der Waals surface area contributed by atoms with Crippen molar-refractivity contribution in [1.29, 1.82) is 0 Å². The molecule has 0 heterocycles. The molecule has 0 aromatic heterocycles. The van der Waals surface area contributed by atoms with Gasteiger partial charge in [-0.25, -0.2) is 0 Å². The van der Waals surface area contributed by atoms with E-state index in [-0.39, 0.29) is 9.68 Å². The lowest BCUT2D eigenvalue weighted by Gasteiger charge is -2.30. The average Bonchev–Trinajstić information content (AvgIpc) is 2.16. The van der Waals surface area contributed by atoms with Crippen molar-refractivity contribution in [3.05, 3.63) is 35.9 Å². The van der Waals surface area contributed by atoms with Gasteiger partial charge in [0, 0.05) is 17.5 Å². The highest BCUT2D eigenvalue weighted by molar-refractivity contribution is 6.30. The Bertz CT molecular complexity index is 261. The molecule has 0 saturated carbocycles. The first-order valence-electron chi connectivity index (χ1n) is 5.06. The summed E-state index contributed by atoms with van der Waals surface area (Å²) >= 11 is 5.74. The van der Waals surface area contributed by atoms with E-state index in [1.807, 2.05) is 0 Å². The fourth-order valence-electron chi connectivity index (χ4n) is 1.64. The molecule has 1 aromatic carbocycles. The lowest BCUT2D eigenvalue weighted by molar-refractivity contribution is -0.793. The molecule has 1 rings (SSSR count). The molecule has 0 atom stereocenters. The summed E-state index contributed by atoms with van der Waals surface area (Å²) in [6.07, 6.45) is 0. The Morgan fingerprint density at radius 3 is 2.43 bits per heavy atom. The van der Waals surface area contributed by atoms with E-state index in [1.165, 1.54) is 11.6 Å². The van der Waals surface area contributed by atoms with E-state index in [0.717, 1.165) is 16.6 Å². The van der Waals surface area contributed by atoms with E-state index in [2.05, 4.69) is 44.4 Å². The van der Waals surface area contributed by atoms with E-state index >= 15 is 0 Å². The first kappa shape index (κ1) is 11.8. The van der Waals surface area contributed by atoms with Gasteiger partial charge in [-0.3, -0.25) is 0 Å². The molecule has 0 aliphatic carbocycles. The number of nitrogens with zero attached hydrogens (tertiary/aromatic N) is 1. The van der Waals surface area contributed by atoms with Gasteiger partial charge in [-0.05, 0) is 0 Å². The molecular formula is C11H19ClNSi+. The van der Waals surface area contributed by atoms with Crippen LogP contribution in [0.2, 0.25) is 6.04 Å². The quantitative estimate of drug-likeness (QED) is 0.534. The van der Waals surface area contributed by atoms with Gasteiger partial charge in [0.1, 0.15) is 0 Å². The SMILES string of the molecule is C[N+](C)(Cc1ccccc1)[SiH2]CCCl. The first-order chi connectivity index (χ1) is 6.64. The molecule has 14 heavy (non-hydrogen) atoms. The zero-order chi connectivity index (χ0) is 10.4. The molecule has 78 valence electrons. The second-order valence-corrected chi connectivity index (χ2v) is 7.59. The lowest BCUT2D eigenvalue weighted by atomic mass is 10.2. The fraction of sp³-hybridized carbons (Fsp3) is 0.455. The Labute approximate surface area is 94.2 Å². The number of benzene rings is 1. The van der Waals surface area contributed by atoms with Crippen LogP contribution in [0.5, 0.6) is 0 Å². The van der Waals surface area contributed by atoms with Crippen LogP contribution in [0.4, 0.5) is 0 Å². The molecule has 0 unspecified atom stereocenters. The fourth-order valence-corrected chi connectivity index (χ4v) is 3.39. The number of hydrogen-bond acceptors (Lipinski definition) is 0. The van der Waals surface area contributed by atoms with Crippen molar-refractivity contribution in [2.75, 3.05) is 20.0 Å². The summed E-state index contributed by atoms with van der Waals surface area (Å²) in [5, 5.41) is 0. The van der Waals surface area contributed by atoms with Crippen molar-refractivity contribution in [1.82, 2.24) is 0 Å². The molecule has 0 spiro atoms. The van der Waals surface area contributed by atoms with E-state index in [1.54, 1.807) is 0 Å². The van der Waals surface area contributed by atoms with Gasteiger partial charge in [0.15, 0.2) is 0 Å². The number of alkyl halides is 1. The lowest BCUT2D eigenvalue weighted by Crippen LogP contribution is -2.42. The zero-order valence-corrected chi connectivity index (χ0v) is 11.2. The van der Waals surface area contributed by atoms with E-state index in [0.29, 0.717) is 0 Å². The first-order valence-corrected chi connectivity index (χ1v) is 7.23. The van der Waals surface area contributed by atoms with Crippen LogP contribution in [-0.2, 0) is 6.54 Å². The normalized spacial score (nSPS) is 12.5. The predicted octanol–water partition coefficient (Wildman–Crippen LogP) is 2.00. The van der Waals surface area contributed by atoms with Crippen molar-refractivity contribution >= 4 is 21.3 Å². The molecule has 3 heteroatoms. The molecule has 0 bridgehead atoms. The van der Waals surface area contributed by atoms with Crippen molar-refractivity contribution < 1.29 is 4.15 Å². The van der Waals surface area contributed by atoms with Crippen LogP contribution in [0, 0.1) is 0 Å². The smallest absolute Gasteiger partial charge is 0.256 e. The summed E-state index contributed by atoms with van der Waals surface area (Å²) in [6, 6.07) is 11.9. The van der Waals surface area contributed by atoms with Crippen LogP contribution in [0.3, 0.4) is 0 Å². The maximum absolute atomic E-state index is 5.74. The second kappa shape index (κ2) is 5.54. The third-order valence-electron chi connectivity index (χ3n) is 2.35. The monoisotopic (exact) mass is 228 g/mol. The van der Waals surface area contributed by atoms with Crippen LogP contribution in [0.15, 0.2) is 30.3 Å². The highest BCUT2D eigenvalue weighted by atomic mass is 35.5. The van der Waals surface area contributed by atoms with Crippen LogP contribution in [0.25, 0.3) is 0 Å². The molecular weight excluding hydrogens is 210 g/mol. The molecule has 1 aromatic rings. The maximum Gasteiger partial charge on any atom is 0.256 e. The van der Waals surface area contributed by atoms with Crippen molar-refractivity contribution in [2.45, 2.75) is 12.6 Å². The Kier molecular flexibility index (Phi) is 4.65. The summed E-state index contributed by atoms with van der Waals surface area (Å²) in [7, 11) is 4.52. The summed E-state index contributed by atoms with van der Waals surface area (Å²) in [5.74, 6) is 0.822. The van der Waals surface area contributed by atoms with E-state index in [9.17, 15) is 0 Å². The Morgan fingerprint density at radius 1 is 1.21 bits per heavy atom. The van der Waals surface area contributed by atoms with E-state index < -0.39 is 0 Å². The standard InChI is InChI=1S/C11H19ClNSi/c1-13(2,14-9-8-12)10-11-6-4-3-5-7-11/h3-7H,8-10,14H2,1-2H3/q+1. The topological polar surface area (TPSA) is 0 Å². The van der Waals surface area contributed by atoms with Crippen molar-refractivity contribution in [2.24, 2.45) is 0 Å². The second-order valence-electron chi connectivity index (χ2n) is 4.35. The van der Waals surface area contributed by atoms with Gasteiger partial charge >= 0.3 is 0 Å². The number of rotatable bonds is 5. The van der Waals surface area contributed by atoms with Gasteiger partial charge in [-0.2, -0.15) is 0 Å². The van der Waals surface area contributed by atoms with Gasteiger partial charge < -0.3 is 4.15 Å². The minimum Gasteiger partial charge on any atom is -0.389 e. The summed E-state index contributed by atoms with van der Waals surface area (Å²) in [6.45, 7) is 1.14. The number of halogens is 1. The number of quaternary nitrogens is 1. The molecule has 0 amide bonds. The molecule has 0 fully saturated rings. The van der Waals surface area contributed by atoms with E-state index in [4.69, 9.17) is 11.6 Å². The van der Waals surface area contributed by atoms with Gasteiger partial charge in [0.05, 0.1) is 20.6 Å². The third kappa shape index (κ3) is 4.27.